The first-order valence-corrected chi connectivity index (χ1v) is 9.42. The van der Waals surface area contributed by atoms with Crippen LogP contribution in [0.25, 0.3) is 11.0 Å². The molecular formula is C20H24BrN3. The van der Waals surface area contributed by atoms with Crippen LogP contribution < -0.4 is 5.32 Å². The Labute approximate surface area is 152 Å². The normalized spacial score (nSPS) is 11.1. The van der Waals surface area contributed by atoms with Gasteiger partial charge in [-0.3, -0.25) is 0 Å². The van der Waals surface area contributed by atoms with E-state index in [1.807, 2.05) is 0 Å². The number of unbranched alkanes of at least 4 members (excludes halogenated alkanes) is 1. The molecule has 1 N–H and O–H groups in total. The molecule has 1 heterocycles. The number of hydrogen-bond donors (Lipinski definition) is 1. The number of nitrogens with zero attached hydrogens (tertiary/aromatic N) is 2. The summed E-state index contributed by atoms with van der Waals surface area (Å²) >= 11 is 3.58. The first kappa shape index (κ1) is 17.0. The number of anilines is 1. The van der Waals surface area contributed by atoms with E-state index in [1.165, 1.54) is 22.6 Å². The predicted molar refractivity (Wildman–Crippen MR) is 106 cm³/mol. The van der Waals surface area contributed by atoms with Crippen LogP contribution in [0.5, 0.6) is 0 Å². The zero-order valence-corrected chi connectivity index (χ0v) is 15.9. The SMILES string of the molecule is CCc1nc2ccccc2n1CCCCNc1ccc(C)c(Br)c1. The van der Waals surface area contributed by atoms with E-state index < -0.39 is 0 Å². The zero-order chi connectivity index (χ0) is 16.9. The Morgan fingerprint density at radius 2 is 1.96 bits per heavy atom. The minimum absolute atomic E-state index is 0.977. The van der Waals surface area contributed by atoms with Crippen LogP contribution in [0.15, 0.2) is 46.9 Å². The Balaban J connectivity index is 1.54. The number of fused-ring (bicyclic) bond motifs is 1. The minimum Gasteiger partial charge on any atom is -0.385 e. The third kappa shape index (κ3) is 3.81. The van der Waals surface area contributed by atoms with Crippen LogP contribution in [0.1, 0.15) is 31.2 Å². The van der Waals surface area contributed by atoms with E-state index >= 15 is 0 Å². The highest BCUT2D eigenvalue weighted by molar-refractivity contribution is 9.10. The van der Waals surface area contributed by atoms with Gasteiger partial charge in [0, 0.05) is 29.7 Å². The molecule has 3 aromatic rings. The summed E-state index contributed by atoms with van der Waals surface area (Å²) in [6, 6.07) is 14.8. The third-order valence-corrected chi connectivity index (χ3v) is 5.21. The minimum atomic E-state index is 0.977. The molecule has 0 aliphatic heterocycles. The van der Waals surface area contributed by atoms with Gasteiger partial charge in [-0.15, -0.1) is 0 Å². The molecule has 0 atom stereocenters. The predicted octanol–water partition coefficient (Wildman–Crippen LogP) is 5.56. The Bertz CT molecular complexity index is 823. The molecule has 0 saturated heterocycles. The average Bonchev–Trinajstić information content (AvgIpc) is 2.95. The molecule has 3 nitrogen and oxygen atoms in total. The number of rotatable bonds is 7. The van der Waals surface area contributed by atoms with Crippen molar-refractivity contribution in [1.82, 2.24) is 9.55 Å². The van der Waals surface area contributed by atoms with E-state index in [2.05, 4.69) is 82.1 Å². The van der Waals surface area contributed by atoms with Crippen molar-refractivity contribution in [3.05, 3.63) is 58.3 Å². The standard InChI is InChI=1S/C20H24BrN3/c1-3-20-23-18-8-4-5-9-19(18)24(20)13-7-6-12-22-16-11-10-15(2)17(21)14-16/h4-5,8-11,14,22H,3,6-7,12-13H2,1-2H3. The highest BCUT2D eigenvalue weighted by Gasteiger charge is 2.08. The number of para-hydroxylation sites is 2. The molecule has 0 amide bonds. The van der Waals surface area contributed by atoms with E-state index in [9.17, 15) is 0 Å². The molecule has 0 bridgehead atoms. The Hall–Kier alpha value is -1.81. The fraction of sp³-hybridized carbons (Fsp3) is 0.350. The summed E-state index contributed by atoms with van der Waals surface area (Å²) in [6.07, 6.45) is 3.26. The summed E-state index contributed by atoms with van der Waals surface area (Å²) in [5.74, 6) is 1.19. The van der Waals surface area contributed by atoms with Gasteiger partial charge in [-0.05, 0) is 49.6 Å². The average molecular weight is 386 g/mol. The molecule has 0 unspecified atom stereocenters. The maximum Gasteiger partial charge on any atom is 0.109 e. The van der Waals surface area contributed by atoms with Crippen molar-refractivity contribution in [1.29, 1.82) is 0 Å². The second-order valence-corrected chi connectivity index (χ2v) is 6.97. The molecule has 0 radical (unpaired) electrons. The number of aryl methyl sites for hydroxylation is 3. The summed E-state index contributed by atoms with van der Waals surface area (Å²) in [5, 5.41) is 3.50. The first-order valence-electron chi connectivity index (χ1n) is 8.63. The van der Waals surface area contributed by atoms with Gasteiger partial charge in [-0.1, -0.05) is 41.1 Å². The van der Waals surface area contributed by atoms with Gasteiger partial charge in [0.25, 0.3) is 0 Å². The second kappa shape index (κ2) is 7.84. The topological polar surface area (TPSA) is 29.9 Å². The van der Waals surface area contributed by atoms with Gasteiger partial charge in [0.05, 0.1) is 11.0 Å². The van der Waals surface area contributed by atoms with E-state index in [0.29, 0.717) is 0 Å². The molecule has 0 saturated carbocycles. The third-order valence-electron chi connectivity index (χ3n) is 4.36. The van der Waals surface area contributed by atoms with Gasteiger partial charge in [0.1, 0.15) is 5.82 Å². The number of hydrogen-bond acceptors (Lipinski definition) is 2. The van der Waals surface area contributed by atoms with Gasteiger partial charge in [-0.2, -0.15) is 0 Å². The molecule has 0 aliphatic rings. The molecular weight excluding hydrogens is 362 g/mol. The molecule has 0 aliphatic carbocycles. The molecule has 2 aromatic carbocycles. The number of aromatic nitrogens is 2. The summed E-state index contributed by atoms with van der Waals surface area (Å²) in [7, 11) is 0. The van der Waals surface area contributed by atoms with Crippen LogP contribution in [0.2, 0.25) is 0 Å². The maximum absolute atomic E-state index is 4.74. The highest BCUT2D eigenvalue weighted by atomic mass is 79.9. The smallest absolute Gasteiger partial charge is 0.109 e. The Morgan fingerprint density at radius 3 is 2.75 bits per heavy atom. The van der Waals surface area contributed by atoms with E-state index in [-0.39, 0.29) is 0 Å². The van der Waals surface area contributed by atoms with Crippen molar-refractivity contribution in [2.45, 2.75) is 39.7 Å². The first-order chi connectivity index (χ1) is 11.7. The van der Waals surface area contributed by atoms with Crippen LogP contribution >= 0.6 is 15.9 Å². The number of nitrogens with one attached hydrogen (secondary N) is 1. The molecule has 3 rings (SSSR count). The highest BCUT2D eigenvalue weighted by Crippen LogP contribution is 2.21. The van der Waals surface area contributed by atoms with E-state index in [4.69, 9.17) is 4.98 Å². The quantitative estimate of drug-likeness (QED) is 0.539. The molecule has 0 spiro atoms. The van der Waals surface area contributed by atoms with Crippen molar-refractivity contribution >= 4 is 32.7 Å². The fourth-order valence-electron chi connectivity index (χ4n) is 2.98. The molecule has 24 heavy (non-hydrogen) atoms. The molecule has 4 heteroatoms. The van der Waals surface area contributed by atoms with Crippen molar-refractivity contribution in [2.75, 3.05) is 11.9 Å². The lowest BCUT2D eigenvalue weighted by atomic mass is 10.2. The Morgan fingerprint density at radius 1 is 1.12 bits per heavy atom. The lowest BCUT2D eigenvalue weighted by molar-refractivity contribution is 0.611. The van der Waals surface area contributed by atoms with E-state index in [0.717, 1.165) is 42.3 Å². The lowest BCUT2D eigenvalue weighted by Crippen LogP contribution is -2.06. The number of halogens is 1. The van der Waals surface area contributed by atoms with Gasteiger partial charge in [0.2, 0.25) is 0 Å². The summed E-state index contributed by atoms with van der Waals surface area (Å²) in [4.78, 5) is 4.74. The summed E-state index contributed by atoms with van der Waals surface area (Å²) in [6.45, 7) is 6.30. The van der Waals surface area contributed by atoms with Crippen LogP contribution in [0.3, 0.4) is 0 Å². The largest absolute Gasteiger partial charge is 0.385 e. The monoisotopic (exact) mass is 385 g/mol. The molecule has 0 fully saturated rings. The van der Waals surface area contributed by atoms with Crippen LogP contribution in [0, 0.1) is 6.92 Å². The molecule has 1 aromatic heterocycles. The summed E-state index contributed by atoms with van der Waals surface area (Å²) in [5.41, 5.74) is 4.80. The van der Waals surface area contributed by atoms with Gasteiger partial charge < -0.3 is 9.88 Å². The van der Waals surface area contributed by atoms with Gasteiger partial charge >= 0.3 is 0 Å². The lowest BCUT2D eigenvalue weighted by Gasteiger charge is -2.10. The van der Waals surface area contributed by atoms with Gasteiger partial charge in [-0.25, -0.2) is 4.98 Å². The fourth-order valence-corrected chi connectivity index (χ4v) is 3.35. The zero-order valence-electron chi connectivity index (χ0n) is 14.3. The van der Waals surface area contributed by atoms with E-state index in [1.54, 1.807) is 0 Å². The molecule has 126 valence electrons. The van der Waals surface area contributed by atoms with Crippen molar-refractivity contribution < 1.29 is 0 Å². The Kier molecular flexibility index (Phi) is 5.56. The van der Waals surface area contributed by atoms with Crippen molar-refractivity contribution in [2.24, 2.45) is 0 Å². The number of benzene rings is 2. The maximum atomic E-state index is 4.74. The van der Waals surface area contributed by atoms with Crippen molar-refractivity contribution in [3.8, 4) is 0 Å². The van der Waals surface area contributed by atoms with Crippen molar-refractivity contribution in [3.63, 3.8) is 0 Å². The van der Waals surface area contributed by atoms with Gasteiger partial charge in [0.15, 0.2) is 0 Å². The number of imidazole rings is 1. The summed E-state index contributed by atoms with van der Waals surface area (Å²) < 4.78 is 3.53. The second-order valence-electron chi connectivity index (χ2n) is 6.12. The van der Waals surface area contributed by atoms with Crippen LogP contribution in [0.4, 0.5) is 5.69 Å². The van der Waals surface area contributed by atoms with Crippen LogP contribution in [-0.2, 0) is 13.0 Å². The van der Waals surface area contributed by atoms with Crippen LogP contribution in [-0.4, -0.2) is 16.1 Å².